The average Bonchev–Trinajstić information content (AvgIpc) is 3.23. The van der Waals surface area contributed by atoms with Crippen LogP contribution in [0.1, 0.15) is 25.8 Å². The van der Waals surface area contributed by atoms with E-state index in [1.54, 1.807) is 10.6 Å². The Kier molecular flexibility index (Phi) is 4.93. The van der Waals surface area contributed by atoms with Gasteiger partial charge in [-0.25, -0.2) is 9.50 Å². The Labute approximate surface area is 175 Å². The van der Waals surface area contributed by atoms with Crippen molar-refractivity contribution in [2.75, 3.05) is 13.1 Å². The number of hydrogen-bond donors (Lipinski definition) is 1. The molecule has 1 aliphatic heterocycles. The molecule has 3 aromatic heterocycles. The van der Waals surface area contributed by atoms with Crippen LogP contribution in [-0.2, 0) is 0 Å². The molecule has 0 spiro atoms. The number of aromatic nitrogens is 4. The van der Waals surface area contributed by atoms with Crippen LogP contribution < -0.4 is 10.9 Å². The lowest BCUT2D eigenvalue weighted by Gasteiger charge is -2.29. The van der Waals surface area contributed by atoms with Crippen molar-refractivity contribution in [1.29, 1.82) is 0 Å². The number of hydrogen-bond acceptors (Lipinski definition) is 4. The highest BCUT2D eigenvalue weighted by molar-refractivity contribution is 5.77. The highest BCUT2D eigenvalue weighted by Gasteiger charge is 2.22. The third-order valence-corrected chi connectivity index (χ3v) is 6.18. The van der Waals surface area contributed by atoms with Gasteiger partial charge in [-0.15, -0.1) is 0 Å². The van der Waals surface area contributed by atoms with Gasteiger partial charge in [-0.3, -0.25) is 4.79 Å². The highest BCUT2D eigenvalue weighted by Crippen LogP contribution is 2.26. The lowest BCUT2D eigenvalue weighted by molar-refractivity contribution is 0.276. The van der Waals surface area contributed by atoms with Crippen molar-refractivity contribution < 1.29 is 0 Å². The summed E-state index contributed by atoms with van der Waals surface area (Å²) >= 11 is 0. The summed E-state index contributed by atoms with van der Waals surface area (Å²) in [5.41, 5.74) is 4.64. The second-order valence-electron chi connectivity index (χ2n) is 8.04. The maximum Gasteiger partial charge on any atom is 0.251 e. The van der Waals surface area contributed by atoms with Crippen molar-refractivity contribution in [3.63, 3.8) is 0 Å². The van der Waals surface area contributed by atoms with Crippen molar-refractivity contribution in [2.24, 2.45) is 5.92 Å². The lowest BCUT2D eigenvalue weighted by Crippen LogP contribution is -2.37. The third-order valence-electron chi connectivity index (χ3n) is 6.18. The Hall–Kier alpha value is -3.25. The van der Waals surface area contributed by atoms with Crippen LogP contribution in [0, 0.1) is 5.92 Å². The van der Waals surface area contributed by atoms with E-state index in [-0.39, 0.29) is 11.6 Å². The van der Waals surface area contributed by atoms with Crippen LogP contribution >= 0.6 is 0 Å². The number of nitrogens with zero attached hydrogens (tertiary/aromatic N) is 4. The fourth-order valence-electron chi connectivity index (χ4n) is 4.37. The van der Waals surface area contributed by atoms with E-state index in [0.717, 1.165) is 47.4 Å². The van der Waals surface area contributed by atoms with Gasteiger partial charge in [0.15, 0.2) is 5.65 Å². The molecule has 0 radical (unpaired) electrons. The first kappa shape index (κ1) is 18.8. The largest absolute Gasteiger partial charge is 0.316 e. The van der Waals surface area contributed by atoms with E-state index in [2.05, 4.69) is 34.5 Å². The van der Waals surface area contributed by atoms with Crippen molar-refractivity contribution in [3.8, 4) is 22.3 Å². The molecule has 0 saturated carbocycles. The monoisotopic (exact) mass is 399 g/mol. The summed E-state index contributed by atoms with van der Waals surface area (Å²) in [5.74, 6) is 0.487. The summed E-state index contributed by atoms with van der Waals surface area (Å²) < 4.78 is 3.63. The van der Waals surface area contributed by atoms with Crippen molar-refractivity contribution in [1.82, 2.24) is 24.5 Å². The van der Waals surface area contributed by atoms with E-state index in [1.807, 2.05) is 53.6 Å². The van der Waals surface area contributed by atoms with E-state index in [9.17, 15) is 4.79 Å². The molecule has 0 aliphatic carbocycles. The van der Waals surface area contributed by atoms with Crippen LogP contribution in [0.15, 0.2) is 72.0 Å². The molecular formula is C24H25N5O. The quantitative estimate of drug-likeness (QED) is 0.567. The molecular weight excluding hydrogens is 374 g/mol. The number of rotatable bonds is 4. The molecule has 4 aromatic rings. The predicted molar refractivity (Wildman–Crippen MR) is 118 cm³/mol. The topological polar surface area (TPSA) is 64.2 Å². The Morgan fingerprint density at radius 3 is 2.73 bits per heavy atom. The molecule has 6 heteroatoms. The molecule has 2 atom stereocenters. The first-order valence-electron chi connectivity index (χ1n) is 10.5. The van der Waals surface area contributed by atoms with Crippen molar-refractivity contribution in [2.45, 2.75) is 25.8 Å². The molecule has 0 amide bonds. The molecule has 30 heavy (non-hydrogen) atoms. The molecule has 152 valence electrons. The predicted octanol–water partition coefficient (Wildman–Crippen LogP) is 3.79. The number of benzene rings is 1. The summed E-state index contributed by atoms with van der Waals surface area (Å²) in [5, 5.41) is 7.91. The second-order valence-corrected chi connectivity index (χ2v) is 8.04. The Morgan fingerprint density at radius 1 is 1.10 bits per heavy atom. The zero-order chi connectivity index (χ0) is 20.5. The standard InChI is InChI=1S/C24H25N5O/c1-17(20-8-5-10-25-13-20)28-11-9-19(12-23(28)30)21-14-26-24-22(15-27-29(24)16-21)18-6-3-2-4-7-18/h2-4,6-7,9,11-12,14-17,20,25H,5,8,10,13H2,1H3. The summed E-state index contributed by atoms with van der Waals surface area (Å²) in [6.07, 6.45) is 9.83. The van der Waals surface area contributed by atoms with Gasteiger partial charge in [0.2, 0.25) is 0 Å². The fraction of sp³-hybridized carbons (Fsp3) is 0.292. The van der Waals surface area contributed by atoms with Gasteiger partial charge in [0, 0.05) is 41.8 Å². The normalized spacial score (nSPS) is 17.8. The highest BCUT2D eigenvalue weighted by atomic mass is 16.1. The number of nitrogens with one attached hydrogen (secondary N) is 1. The van der Waals surface area contributed by atoms with Gasteiger partial charge in [-0.2, -0.15) is 5.10 Å². The lowest BCUT2D eigenvalue weighted by atomic mass is 9.92. The molecule has 5 rings (SSSR count). The van der Waals surface area contributed by atoms with E-state index in [4.69, 9.17) is 0 Å². The van der Waals surface area contributed by atoms with Gasteiger partial charge in [0.1, 0.15) is 0 Å². The molecule has 1 saturated heterocycles. The van der Waals surface area contributed by atoms with Crippen LogP contribution in [0.5, 0.6) is 0 Å². The minimum atomic E-state index is 0.0242. The zero-order valence-corrected chi connectivity index (χ0v) is 17.0. The SMILES string of the molecule is CC(C1CCCNC1)n1ccc(-c2cnc3c(-c4ccccc4)cnn3c2)cc1=O. The molecule has 6 nitrogen and oxygen atoms in total. The van der Waals surface area contributed by atoms with Crippen LogP contribution in [0.25, 0.3) is 27.9 Å². The molecule has 0 bridgehead atoms. The first-order valence-corrected chi connectivity index (χ1v) is 10.5. The summed E-state index contributed by atoms with van der Waals surface area (Å²) in [4.78, 5) is 17.5. The van der Waals surface area contributed by atoms with E-state index in [0.29, 0.717) is 5.92 Å². The average molecular weight is 399 g/mol. The smallest absolute Gasteiger partial charge is 0.251 e. The number of fused-ring (bicyclic) bond motifs is 1. The molecule has 1 aliphatic rings. The first-order chi connectivity index (χ1) is 14.7. The minimum Gasteiger partial charge on any atom is -0.316 e. The molecule has 1 N–H and O–H groups in total. The van der Waals surface area contributed by atoms with E-state index < -0.39 is 0 Å². The van der Waals surface area contributed by atoms with Gasteiger partial charge in [-0.1, -0.05) is 30.3 Å². The number of pyridine rings is 1. The molecule has 1 aromatic carbocycles. The summed E-state index contributed by atoms with van der Waals surface area (Å²) in [7, 11) is 0. The van der Waals surface area contributed by atoms with Crippen LogP contribution in [0.2, 0.25) is 0 Å². The van der Waals surface area contributed by atoms with Gasteiger partial charge < -0.3 is 9.88 Å². The van der Waals surface area contributed by atoms with Gasteiger partial charge in [-0.05, 0) is 56.0 Å². The zero-order valence-electron chi connectivity index (χ0n) is 17.0. The van der Waals surface area contributed by atoms with E-state index >= 15 is 0 Å². The Morgan fingerprint density at radius 2 is 1.97 bits per heavy atom. The summed E-state index contributed by atoms with van der Waals surface area (Å²) in [6.45, 7) is 4.19. The van der Waals surface area contributed by atoms with Crippen molar-refractivity contribution in [3.05, 3.63) is 77.6 Å². The third kappa shape index (κ3) is 3.44. The van der Waals surface area contributed by atoms with Gasteiger partial charge >= 0.3 is 0 Å². The second kappa shape index (κ2) is 7.88. The molecule has 1 fully saturated rings. The van der Waals surface area contributed by atoms with E-state index in [1.165, 1.54) is 6.42 Å². The minimum absolute atomic E-state index is 0.0242. The molecule has 2 unspecified atom stereocenters. The molecule has 4 heterocycles. The van der Waals surface area contributed by atoms with Crippen molar-refractivity contribution >= 4 is 5.65 Å². The van der Waals surface area contributed by atoms with Gasteiger partial charge in [0.05, 0.1) is 6.20 Å². The van der Waals surface area contributed by atoms with Crippen LogP contribution in [0.3, 0.4) is 0 Å². The fourth-order valence-corrected chi connectivity index (χ4v) is 4.37. The maximum absolute atomic E-state index is 12.8. The van der Waals surface area contributed by atoms with Gasteiger partial charge in [0.25, 0.3) is 5.56 Å². The number of piperidine rings is 1. The Bertz CT molecular complexity index is 1220. The van der Waals surface area contributed by atoms with Crippen LogP contribution in [0.4, 0.5) is 0 Å². The maximum atomic E-state index is 12.8. The summed E-state index contributed by atoms with van der Waals surface area (Å²) in [6, 6.07) is 14.0. The Balaban J connectivity index is 1.45. The van der Waals surface area contributed by atoms with Crippen LogP contribution in [-0.4, -0.2) is 32.3 Å².